The summed E-state index contributed by atoms with van der Waals surface area (Å²) in [5, 5.41) is 11.9. The van der Waals surface area contributed by atoms with Crippen molar-refractivity contribution in [3.63, 3.8) is 0 Å². The third-order valence-corrected chi connectivity index (χ3v) is 2.97. The number of hydrogen-bond donors (Lipinski definition) is 2. The van der Waals surface area contributed by atoms with Crippen LogP contribution in [0, 0.1) is 5.82 Å². The summed E-state index contributed by atoms with van der Waals surface area (Å²) in [4.78, 5) is 11.9. The van der Waals surface area contributed by atoms with Gasteiger partial charge in [0, 0.05) is 10.7 Å². The first kappa shape index (κ1) is 16.1. The van der Waals surface area contributed by atoms with Crippen LogP contribution >= 0.6 is 11.6 Å². The summed E-state index contributed by atoms with van der Waals surface area (Å²) >= 11 is 5.68. The summed E-state index contributed by atoms with van der Waals surface area (Å²) in [5.74, 6) is -2.71. The predicted molar refractivity (Wildman–Crippen MR) is 72.5 cm³/mol. The summed E-state index contributed by atoms with van der Waals surface area (Å²) in [7, 11) is 0. The van der Waals surface area contributed by atoms with E-state index in [1.165, 1.54) is 18.2 Å². The number of aromatic hydroxyl groups is 1. The summed E-state index contributed by atoms with van der Waals surface area (Å²) in [5.41, 5.74) is -1.81. The van der Waals surface area contributed by atoms with E-state index in [4.69, 9.17) is 11.6 Å². The molecule has 0 aliphatic rings. The van der Waals surface area contributed by atoms with Crippen LogP contribution in [0.4, 0.5) is 23.2 Å². The average molecular weight is 334 g/mol. The molecular weight excluding hydrogens is 326 g/mol. The lowest BCUT2D eigenvalue weighted by atomic mass is 10.1. The van der Waals surface area contributed by atoms with Crippen molar-refractivity contribution in [2.75, 3.05) is 5.32 Å². The van der Waals surface area contributed by atoms with Gasteiger partial charge in [-0.25, -0.2) is 4.39 Å². The summed E-state index contributed by atoms with van der Waals surface area (Å²) in [6.45, 7) is 0. The Balaban J connectivity index is 2.26. The van der Waals surface area contributed by atoms with Crippen molar-refractivity contribution in [2.24, 2.45) is 0 Å². The molecule has 8 heteroatoms. The van der Waals surface area contributed by atoms with Gasteiger partial charge in [-0.05, 0) is 36.4 Å². The Labute approximate surface area is 127 Å². The van der Waals surface area contributed by atoms with E-state index >= 15 is 0 Å². The fourth-order valence-electron chi connectivity index (χ4n) is 1.71. The number of amides is 1. The molecule has 0 aliphatic carbocycles. The maximum Gasteiger partial charge on any atom is 0.419 e. The summed E-state index contributed by atoms with van der Waals surface area (Å²) in [6, 6.07) is 5.68. The Bertz CT molecular complexity index is 731. The molecule has 0 unspecified atom stereocenters. The van der Waals surface area contributed by atoms with E-state index in [9.17, 15) is 27.5 Å². The smallest absolute Gasteiger partial charge is 0.419 e. The quantitative estimate of drug-likeness (QED) is 0.797. The Morgan fingerprint density at radius 3 is 2.41 bits per heavy atom. The number of phenolic OH excluding ortho intramolecular Hbond substituents is 1. The fraction of sp³-hybridized carbons (Fsp3) is 0.0714. The van der Waals surface area contributed by atoms with Crippen LogP contribution in [-0.2, 0) is 6.18 Å². The molecule has 0 atom stereocenters. The minimum atomic E-state index is -4.82. The van der Waals surface area contributed by atoms with E-state index in [1.54, 1.807) is 0 Å². The molecule has 0 heterocycles. The van der Waals surface area contributed by atoms with E-state index in [1.807, 2.05) is 0 Å². The summed E-state index contributed by atoms with van der Waals surface area (Å²) < 4.78 is 50.7. The first-order valence-electron chi connectivity index (χ1n) is 5.85. The standard InChI is InChI=1S/C14H8ClF4NO2/c15-7-1-4-12(21)9(5-7)13(22)20-8-2-3-10(11(16)6-8)14(17,18)19/h1-6,21H,(H,20,22). The Morgan fingerprint density at radius 1 is 1.14 bits per heavy atom. The largest absolute Gasteiger partial charge is 0.507 e. The zero-order valence-corrected chi connectivity index (χ0v) is 11.5. The van der Waals surface area contributed by atoms with Gasteiger partial charge in [0.15, 0.2) is 0 Å². The highest BCUT2D eigenvalue weighted by atomic mass is 35.5. The van der Waals surface area contributed by atoms with Crippen molar-refractivity contribution < 1.29 is 27.5 Å². The Hall–Kier alpha value is -2.28. The van der Waals surface area contributed by atoms with Crippen LogP contribution in [0.15, 0.2) is 36.4 Å². The molecule has 0 aromatic heterocycles. The summed E-state index contributed by atoms with van der Waals surface area (Å²) in [6.07, 6.45) is -4.82. The minimum Gasteiger partial charge on any atom is -0.507 e. The lowest BCUT2D eigenvalue weighted by molar-refractivity contribution is -0.139. The molecule has 0 radical (unpaired) electrons. The number of anilines is 1. The lowest BCUT2D eigenvalue weighted by Gasteiger charge is -2.11. The molecule has 0 saturated heterocycles. The van der Waals surface area contributed by atoms with Crippen molar-refractivity contribution in [1.29, 1.82) is 0 Å². The van der Waals surface area contributed by atoms with E-state index in [0.717, 1.165) is 6.07 Å². The molecule has 0 saturated carbocycles. The molecular formula is C14H8ClF4NO2. The molecule has 2 rings (SSSR count). The van der Waals surface area contributed by atoms with Crippen LogP contribution in [0.25, 0.3) is 0 Å². The Kier molecular flexibility index (Phi) is 4.27. The van der Waals surface area contributed by atoms with Gasteiger partial charge in [0.1, 0.15) is 11.6 Å². The third kappa shape index (κ3) is 3.48. The number of rotatable bonds is 2. The third-order valence-electron chi connectivity index (χ3n) is 2.74. The van der Waals surface area contributed by atoms with Gasteiger partial charge < -0.3 is 10.4 Å². The van der Waals surface area contributed by atoms with Gasteiger partial charge >= 0.3 is 6.18 Å². The fourth-order valence-corrected chi connectivity index (χ4v) is 1.88. The molecule has 0 fully saturated rings. The molecule has 2 aromatic rings. The number of nitrogens with one attached hydrogen (secondary N) is 1. The van der Waals surface area contributed by atoms with E-state index in [0.29, 0.717) is 12.1 Å². The zero-order valence-electron chi connectivity index (χ0n) is 10.7. The normalized spacial score (nSPS) is 11.3. The lowest BCUT2D eigenvalue weighted by Crippen LogP contribution is -2.13. The topological polar surface area (TPSA) is 49.3 Å². The van der Waals surface area contributed by atoms with Crippen LogP contribution in [0.5, 0.6) is 5.75 Å². The van der Waals surface area contributed by atoms with Gasteiger partial charge in [0.25, 0.3) is 5.91 Å². The molecule has 116 valence electrons. The first-order chi connectivity index (χ1) is 10.2. The highest BCUT2D eigenvalue weighted by Gasteiger charge is 2.34. The van der Waals surface area contributed by atoms with Crippen LogP contribution in [-0.4, -0.2) is 11.0 Å². The van der Waals surface area contributed by atoms with Gasteiger partial charge in [0.2, 0.25) is 0 Å². The number of benzene rings is 2. The minimum absolute atomic E-state index is 0.182. The van der Waals surface area contributed by atoms with Crippen LogP contribution in [0.2, 0.25) is 5.02 Å². The number of hydrogen-bond acceptors (Lipinski definition) is 2. The molecule has 3 nitrogen and oxygen atoms in total. The van der Waals surface area contributed by atoms with Crippen molar-refractivity contribution in [3.8, 4) is 5.75 Å². The molecule has 0 aliphatic heterocycles. The SMILES string of the molecule is O=C(Nc1ccc(C(F)(F)F)c(F)c1)c1cc(Cl)ccc1O. The molecule has 0 spiro atoms. The first-order valence-corrected chi connectivity index (χ1v) is 6.23. The molecule has 2 aromatic carbocycles. The monoisotopic (exact) mass is 333 g/mol. The number of carbonyl (C=O) groups is 1. The van der Waals surface area contributed by atoms with Crippen molar-refractivity contribution in [2.45, 2.75) is 6.18 Å². The van der Waals surface area contributed by atoms with Gasteiger partial charge in [-0.3, -0.25) is 4.79 Å². The second-order valence-electron chi connectivity index (χ2n) is 4.31. The second-order valence-corrected chi connectivity index (χ2v) is 4.74. The number of alkyl halides is 3. The molecule has 2 N–H and O–H groups in total. The van der Waals surface area contributed by atoms with Crippen LogP contribution in [0.1, 0.15) is 15.9 Å². The van der Waals surface area contributed by atoms with Crippen molar-refractivity contribution >= 4 is 23.2 Å². The molecule has 1 amide bonds. The zero-order chi connectivity index (χ0) is 16.5. The van der Waals surface area contributed by atoms with Gasteiger partial charge in [-0.15, -0.1) is 0 Å². The van der Waals surface area contributed by atoms with Crippen LogP contribution in [0.3, 0.4) is 0 Å². The highest BCUT2D eigenvalue weighted by molar-refractivity contribution is 6.31. The van der Waals surface area contributed by atoms with E-state index in [2.05, 4.69) is 5.32 Å². The highest BCUT2D eigenvalue weighted by Crippen LogP contribution is 2.32. The predicted octanol–water partition coefficient (Wildman–Crippen LogP) is 4.46. The average Bonchev–Trinajstić information content (AvgIpc) is 2.40. The van der Waals surface area contributed by atoms with Crippen molar-refractivity contribution in [3.05, 3.63) is 58.4 Å². The van der Waals surface area contributed by atoms with E-state index < -0.39 is 23.5 Å². The second kappa shape index (κ2) is 5.84. The molecule has 22 heavy (non-hydrogen) atoms. The van der Waals surface area contributed by atoms with Crippen LogP contribution < -0.4 is 5.32 Å². The van der Waals surface area contributed by atoms with E-state index in [-0.39, 0.29) is 22.0 Å². The Morgan fingerprint density at radius 2 is 1.82 bits per heavy atom. The number of carbonyl (C=O) groups excluding carboxylic acids is 1. The van der Waals surface area contributed by atoms with Gasteiger partial charge in [0.05, 0.1) is 11.1 Å². The number of phenols is 1. The van der Waals surface area contributed by atoms with Crippen molar-refractivity contribution in [1.82, 2.24) is 0 Å². The number of halogens is 5. The van der Waals surface area contributed by atoms with Gasteiger partial charge in [-0.2, -0.15) is 13.2 Å². The molecule has 0 bridgehead atoms. The maximum atomic E-state index is 13.4. The van der Waals surface area contributed by atoms with Gasteiger partial charge in [-0.1, -0.05) is 11.6 Å². The maximum absolute atomic E-state index is 13.4.